The van der Waals surface area contributed by atoms with Crippen molar-refractivity contribution in [3.05, 3.63) is 127 Å². The Hall–Kier alpha value is -4.65. The smallest absolute Gasteiger partial charge is 0.235 e. The van der Waals surface area contributed by atoms with Gasteiger partial charge >= 0.3 is 0 Å². The molecule has 1 N–H and O–H groups in total. The van der Waals surface area contributed by atoms with Crippen molar-refractivity contribution in [2.24, 2.45) is 0 Å². The van der Waals surface area contributed by atoms with Crippen LogP contribution in [0, 0.1) is 0 Å². The normalized spacial score (nSPS) is 14.7. The Kier molecular flexibility index (Phi) is 5.03. The van der Waals surface area contributed by atoms with Crippen LogP contribution in [0.2, 0.25) is 0 Å². The minimum atomic E-state index is 0.176. The molecule has 41 heavy (non-hydrogen) atoms. The molecule has 4 nitrogen and oxygen atoms in total. The summed E-state index contributed by atoms with van der Waals surface area (Å²) in [4.78, 5) is 11.2. The van der Waals surface area contributed by atoms with Crippen LogP contribution in [0.5, 0.6) is 0 Å². The van der Waals surface area contributed by atoms with Gasteiger partial charge in [-0.05, 0) is 48.0 Å². The zero-order valence-electron chi connectivity index (χ0n) is 21.8. The molecule has 0 bridgehead atoms. The van der Waals surface area contributed by atoms with E-state index in [9.17, 15) is 0 Å². The van der Waals surface area contributed by atoms with E-state index in [1.165, 1.54) is 47.1 Å². The van der Waals surface area contributed by atoms with Gasteiger partial charge in [-0.15, -0.1) is 11.3 Å². The molecule has 0 aliphatic carbocycles. The van der Waals surface area contributed by atoms with Crippen LogP contribution < -0.4 is 5.32 Å². The van der Waals surface area contributed by atoms with E-state index in [0.29, 0.717) is 5.95 Å². The molecule has 5 aromatic carbocycles. The van der Waals surface area contributed by atoms with E-state index in [4.69, 9.17) is 9.97 Å². The van der Waals surface area contributed by atoms with E-state index in [2.05, 4.69) is 119 Å². The lowest BCUT2D eigenvalue weighted by atomic mass is 10.1. The van der Waals surface area contributed by atoms with Crippen LogP contribution in [-0.4, -0.2) is 14.5 Å². The SMILES string of the molecule is c1cc(-c2ccnc(-n3c4ccccc4c4c5sc6ccccc6c5ccc43)n2)cc(C2Nc3ccccc3S2)c1. The summed E-state index contributed by atoms with van der Waals surface area (Å²) in [5.74, 6) is 0.681. The van der Waals surface area contributed by atoms with Gasteiger partial charge < -0.3 is 5.32 Å². The molecule has 0 saturated heterocycles. The van der Waals surface area contributed by atoms with E-state index in [1.807, 2.05) is 35.4 Å². The Balaban J connectivity index is 1.19. The van der Waals surface area contributed by atoms with Gasteiger partial charge in [0.05, 0.1) is 16.7 Å². The molecule has 0 saturated carbocycles. The van der Waals surface area contributed by atoms with Crippen molar-refractivity contribution in [2.45, 2.75) is 10.3 Å². The molecule has 194 valence electrons. The quantitative estimate of drug-likeness (QED) is 0.233. The Bertz CT molecular complexity index is 2270. The molecule has 3 aromatic heterocycles. The molecule has 0 radical (unpaired) electrons. The van der Waals surface area contributed by atoms with Crippen molar-refractivity contribution in [3.8, 4) is 17.2 Å². The number of thiophene rings is 1. The maximum atomic E-state index is 5.14. The van der Waals surface area contributed by atoms with Gasteiger partial charge in [-0.1, -0.05) is 84.6 Å². The standard InChI is InChI=1S/C35H22N4S2/c1-4-13-28-25(11-1)32-29(17-16-24-23-10-2-5-14-30(23)40-33(24)32)39(28)35-36-19-18-26(38-35)21-8-7-9-22(20-21)34-37-27-12-3-6-15-31(27)41-34/h1-20,34,37H. The summed E-state index contributed by atoms with van der Waals surface area (Å²) in [6.07, 6.45) is 1.88. The van der Waals surface area contributed by atoms with Crippen LogP contribution >= 0.6 is 23.1 Å². The summed E-state index contributed by atoms with van der Waals surface area (Å²) in [7, 11) is 0. The van der Waals surface area contributed by atoms with Gasteiger partial charge in [-0.3, -0.25) is 4.57 Å². The van der Waals surface area contributed by atoms with E-state index in [-0.39, 0.29) is 5.37 Å². The summed E-state index contributed by atoms with van der Waals surface area (Å²) in [5.41, 5.74) is 6.65. The molecule has 8 aromatic rings. The average molecular weight is 563 g/mol. The predicted molar refractivity (Wildman–Crippen MR) is 173 cm³/mol. The van der Waals surface area contributed by atoms with Crippen molar-refractivity contribution in [2.75, 3.05) is 5.32 Å². The largest absolute Gasteiger partial charge is 0.368 e. The van der Waals surface area contributed by atoms with Crippen LogP contribution in [0.1, 0.15) is 10.9 Å². The average Bonchev–Trinajstić information content (AvgIpc) is 3.73. The molecule has 6 heteroatoms. The van der Waals surface area contributed by atoms with E-state index in [1.54, 1.807) is 0 Å². The van der Waals surface area contributed by atoms with Crippen molar-refractivity contribution >= 4 is 70.8 Å². The monoisotopic (exact) mass is 562 g/mol. The van der Waals surface area contributed by atoms with Crippen molar-refractivity contribution in [3.63, 3.8) is 0 Å². The summed E-state index contributed by atoms with van der Waals surface area (Å²) >= 11 is 3.71. The maximum absolute atomic E-state index is 5.14. The summed E-state index contributed by atoms with van der Waals surface area (Å²) < 4.78 is 4.83. The molecular weight excluding hydrogens is 541 g/mol. The second-order valence-corrected chi connectivity index (χ2v) is 12.5. The lowest BCUT2D eigenvalue weighted by molar-refractivity contribution is 0.992. The number of nitrogens with one attached hydrogen (secondary N) is 1. The molecule has 1 aliphatic heterocycles. The lowest BCUT2D eigenvalue weighted by Gasteiger charge is -2.13. The van der Waals surface area contributed by atoms with Gasteiger partial charge in [0.25, 0.3) is 0 Å². The number of hydrogen-bond acceptors (Lipinski definition) is 5. The van der Waals surface area contributed by atoms with E-state index in [0.717, 1.165) is 22.3 Å². The Labute approximate surface area is 244 Å². The van der Waals surface area contributed by atoms with Crippen LogP contribution in [0.4, 0.5) is 5.69 Å². The zero-order chi connectivity index (χ0) is 26.9. The molecule has 1 unspecified atom stereocenters. The number of anilines is 1. The lowest BCUT2D eigenvalue weighted by Crippen LogP contribution is -2.03. The molecule has 0 spiro atoms. The molecule has 9 rings (SSSR count). The summed E-state index contributed by atoms with van der Waals surface area (Å²) in [6, 6.07) is 40.9. The molecule has 1 atom stereocenters. The molecule has 0 fully saturated rings. The number of fused-ring (bicyclic) bond motifs is 8. The molecule has 0 amide bonds. The zero-order valence-corrected chi connectivity index (χ0v) is 23.4. The third kappa shape index (κ3) is 3.54. The first-order chi connectivity index (χ1) is 20.3. The number of aromatic nitrogens is 3. The number of benzene rings is 5. The van der Waals surface area contributed by atoms with Crippen LogP contribution in [-0.2, 0) is 0 Å². The first-order valence-electron chi connectivity index (χ1n) is 13.6. The van der Waals surface area contributed by atoms with E-state index >= 15 is 0 Å². The minimum Gasteiger partial charge on any atom is -0.368 e. The third-order valence-corrected chi connectivity index (χ3v) is 10.4. The maximum Gasteiger partial charge on any atom is 0.235 e. The van der Waals surface area contributed by atoms with Gasteiger partial charge in [-0.2, -0.15) is 0 Å². The summed E-state index contributed by atoms with van der Waals surface area (Å²) in [5, 5.41) is 8.92. The van der Waals surface area contributed by atoms with Gasteiger partial charge in [0, 0.05) is 53.3 Å². The fourth-order valence-electron chi connectivity index (χ4n) is 6.07. The Morgan fingerprint density at radius 1 is 0.707 bits per heavy atom. The second-order valence-electron chi connectivity index (χ2n) is 10.3. The highest BCUT2D eigenvalue weighted by Crippen LogP contribution is 2.47. The highest BCUT2D eigenvalue weighted by atomic mass is 32.2. The van der Waals surface area contributed by atoms with Gasteiger partial charge in [-0.25, -0.2) is 9.97 Å². The van der Waals surface area contributed by atoms with Crippen LogP contribution in [0.15, 0.2) is 126 Å². The van der Waals surface area contributed by atoms with Gasteiger partial charge in [0.15, 0.2) is 0 Å². The van der Waals surface area contributed by atoms with Gasteiger partial charge in [0.1, 0.15) is 5.37 Å². The second kappa shape index (κ2) is 8.93. The third-order valence-electron chi connectivity index (χ3n) is 7.93. The fourth-order valence-corrected chi connectivity index (χ4v) is 8.46. The molecule has 4 heterocycles. The highest BCUT2D eigenvalue weighted by molar-refractivity contribution is 8.00. The van der Waals surface area contributed by atoms with Crippen LogP contribution in [0.3, 0.4) is 0 Å². The van der Waals surface area contributed by atoms with Crippen molar-refractivity contribution in [1.82, 2.24) is 14.5 Å². The Morgan fingerprint density at radius 2 is 1.56 bits per heavy atom. The predicted octanol–water partition coefficient (Wildman–Crippen LogP) is 9.82. The van der Waals surface area contributed by atoms with Gasteiger partial charge in [0.2, 0.25) is 5.95 Å². The number of thioether (sulfide) groups is 1. The number of para-hydroxylation sites is 2. The fraction of sp³-hybridized carbons (Fsp3) is 0.0286. The minimum absolute atomic E-state index is 0.176. The van der Waals surface area contributed by atoms with Crippen LogP contribution in [0.25, 0.3) is 59.2 Å². The number of rotatable bonds is 3. The number of nitrogens with zero attached hydrogens (tertiary/aromatic N) is 3. The first-order valence-corrected chi connectivity index (χ1v) is 15.3. The first kappa shape index (κ1) is 23.1. The topological polar surface area (TPSA) is 42.7 Å². The summed E-state index contributed by atoms with van der Waals surface area (Å²) in [6.45, 7) is 0. The van der Waals surface area contributed by atoms with E-state index < -0.39 is 0 Å². The number of hydrogen-bond donors (Lipinski definition) is 1. The van der Waals surface area contributed by atoms with Crippen molar-refractivity contribution in [1.29, 1.82) is 0 Å². The molecular formula is C35H22N4S2. The molecule has 1 aliphatic rings. The van der Waals surface area contributed by atoms with Crippen molar-refractivity contribution < 1.29 is 0 Å². The highest BCUT2D eigenvalue weighted by Gasteiger charge is 2.23. The Morgan fingerprint density at radius 3 is 2.51 bits per heavy atom.